The highest BCUT2D eigenvalue weighted by Crippen LogP contribution is 2.26. The molecule has 0 radical (unpaired) electrons. The smallest absolute Gasteiger partial charge is 0.120 e. The minimum Gasteiger partial charge on any atom is -0.492 e. The molecule has 130 valence electrons. The average Bonchev–Trinajstić information content (AvgIpc) is 2.60. The Bertz CT molecular complexity index is 662. The molecule has 0 N–H and O–H groups in total. The van der Waals surface area contributed by atoms with E-state index in [-0.39, 0.29) is 0 Å². The van der Waals surface area contributed by atoms with Crippen LogP contribution in [0.1, 0.15) is 25.8 Å². The molecule has 0 spiro atoms. The normalized spacial score (nSPS) is 13.5. The lowest BCUT2D eigenvalue weighted by atomic mass is 10.2. The highest BCUT2D eigenvalue weighted by Gasteiger charge is 2.11. The number of halogens is 1. The van der Waals surface area contributed by atoms with Crippen LogP contribution in [0.2, 0.25) is 5.02 Å². The van der Waals surface area contributed by atoms with Crippen LogP contribution in [0.25, 0.3) is 0 Å². The van der Waals surface area contributed by atoms with Crippen molar-refractivity contribution in [1.82, 2.24) is 0 Å². The number of hydrogen-bond acceptors (Lipinski definition) is 3. The van der Waals surface area contributed by atoms with E-state index in [1.165, 1.54) is 5.56 Å². The Morgan fingerprint density at radius 2 is 1.96 bits per heavy atom. The van der Waals surface area contributed by atoms with Crippen LogP contribution in [-0.2, 0) is 16.6 Å². The van der Waals surface area contributed by atoms with Crippen molar-refractivity contribution in [3.8, 4) is 5.75 Å². The van der Waals surface area contributed by atoms with Gasteiger partial charge in [0.1, 0.15) is 5.75 Å². The molecular formula is C19H23ClO2S2. The summed E-state index contributed by atoms with van der Waals surface area (Å²) in [5.74, 6) is 2.32. The van der Waals surface area contributed by atoms with E-state index in [1.54, 1.807) is 6.07 Å². The molecule has 2 rings (SSSR count). The lowest BCUT2D eigenvalue weighted by Crippen LogP contribution is -2.11. The first kappa shape index (κ1) is 19.4. The van der Waals surface area contributed by atoms with Crippen LogP contribution >= 0.6 is 23.4 Å². The van der Waals surface area contributed by atoms with Crippen LogP contribution < -0.4 is 4.74 Å². The van der Waals surface area contributed by atoms with Gasteiger partial charge in [0.05, 0.1) is 27.3 Å². The lowest BCUT2D eigenvalue weighted by molar-refractivity contribution is 0.321. The van der Waals surface area contributed by atoms with Crippen LogP contribution in [0.5, 0.6) is 5.75 Å². The van der Waals surface area contributed by atoms with Crippen LogP contribution in [0.15, 0.2) is 53.4 Å². The van der Waals surface area contributed by atoms with E-state index >= 15 is 0 Å². The molecule has 24 heavy (non-hydrogen) atoms. The third-order valence-corrected chi connectivity index (χ3v) is 6.65. The highest BCUT2D eigenvalue weighted by atomic mass is 35.5. The average molecular weight is 383 g/mol. The molecule has 0 amide bonds. The zero-order chi connectivity index (χ0) is 17.4. The van der Waals surface area contributed by atoms with Gasteiger partial charge < -0.3 is 4.74 Å². The third kappa shape index (κ3) is 6.15. The van der Waals surface area contributed by atoms with Crippen molar-refractivity contribution in [2.24, 2.45) is 0 Å². The van der Waals surface area contributed by atoms with Crippen molar-refractivity contribution >= 4 is 34.2 Å². The summed E-state index contributed by atoms with van der Waals surface area (Å²) in [6.45, 7) is 4.77. The van der Waals surface area contributed by atoms with Gasteiger partial charge in [0.25, 0.3) is 0 Å². The van der Waals surface area contributed by atoms with Gasteiger partial charge in [0.2, 0.25) is 0 Å². The molecule has 2 aromatic carbocycles. The monoisotopic (exact) mass is 382 g/mol. The third-order valence-electron chi connectivity index (χ3n) is 3.40. The molecule has 0 aliphatic carbocycles. The summed E-state index contributed by atoms with van der Waals surface area (Å²) in [4.78, 5) is 0.667. The topological polar surface area (TPSA) is 26.3 Å². The first-order valence-corrected chi connectivity index (χ1v) is 10.8. The van der Waals surface area contributed by atoms with Crippen molar-refractivity contribution in [2.75, 3.05) is 12.4 Å². The maximum Gasteiger partial charge on any atom is 0.120 e. The fraction of sp³-hybridized carbons (Fsp3) is 0.368. The Morgan fingerprint density at radius 1 is 1.21 bits per heavy atom. The molecule has 5 heteroatoms. The Kier molecular flexibility index (Phi) is 8.16. The van der Waals surface area contributed by atoms with Crippen molar-refractivity contribution in [3.05, 3.63) is 59.1 Å². The summed E-state index contributed by atoms with van der Waals surface area (Å²) in [5.41, 5.74) is 1.32. The molecule has 2 unspecified atom stereocenters. The number of hydrogen-bond donors (Lipinski definition) is 0. The molecule has 0 bridgehead atoms. The maximum absolute atomic E-state index is 12.2. The summed E-state index contributed by atoms with van der Waals surface area (Å²) in [7, 11) is -1.07. The number of rotatable bonds is 9. The Balaban J connectivity index is 1.87. The van der Waals surface area contributed by atoms with Gasteiger partial charge in [-0.15, -0.1) is 0 Å². The van der Waals surface area contributed by atoms with E-state index in [0.29, 0.717) is 27.5 Å². The van der Waals surface area contributed by atoms with Gasteiger partial charge in [-0.2, -0.15) is 11.8 Å². The number of benzene rings is 2. The number of thioether (sulfide) groups is 1. The zero-order valence-corrected chi connectivity index (χ0v) is 16.4. The molecule has 0 heterocycles. The van der Waals surface area contributed by atoms with Gasteiger partial charge in [0.15, 0.2) is 0 Å². The second-order valence-corrected chi connectivity index (χ2v) is 8.93. The van der Waals surface area contributed by atoms with E-state index in [0.717, 1.165) is 17.9 Å². The summed E-state index contributed by atoms with van der Waals surface area (Å²) in [6, 6.07) is 15.8. The second-order valence-electron chi connectivity index (χ2n) is 5.56. The second kappa shape index (κ2) is 10.1. The first-order valence-electron chi connectivity index (χ1n) is 8.06. The van der Waals surface area contributed by atoms with Crippen molar-refractivity contribution < 1.29 is 8.95 Å². The SMILES string of the molecule is CCCS(=O)c1cc(OCC(C)SCc2ccccc2)ccc1Cl. The van der Waals surface area contributed by atoms with Crippen LogP contribution in [0.4, 0.5) is 0 Å². The van der Waals surface area contributed by atoms with Crippen molar-refractivity contribution in [1.29, 1.82) is 0 Å². The van der Waals surface area contributed by atoms with Gasteiger partial charge in [-0.25, -0.2) is 0 Å². The largest absolute Gasteiger partial charge is 0.492 e. The van der Waals surface area contributed by atoms with Crippen LogP contribution in [-0.4, -0.2) is 21.8 Å². The van der Waals surface area contributed by atoms with E-state index in [4.69, 9.17) is 16.3 Å². The highest BCUT2D eigenvalue weighted by molar-refractivity contribution is 7.99. The zero-order valence-electron chi connectivity index (χ0n) is 14.0. The van der Waals surface area contributed by atoms with Gasteiger partial charge >= 0.3 is 0 Å². The predicted molar refractivity (Wildman–Crippen MR) is 106 cm³/mol. The molecule has 0 aromatic heterocycles. The number of ether oxygens (including phenoxy) is 1. The fourth-order valence-electron chi connectivity index (χ4n) is 2.12. The van der Waals surface area contributed by atoms with Crippen LogP contribution in [0.3, 0.4) is 0 Å². The summed E-state index contributed by atoms with van der Waals surface area (Å²) in [5, 5.41) is 0.908. The standard InChI is InChI=1S/C19H23ClO2S2/c1-3-11-24(21)19-12-17(9-10-18(19)20)22-13-15(2)23-14-16-7-5-4-6-8-16/h4-10,12,15H,3,11,13-14H2,1-2H3. The summed E-state index contributed by atoms with van der Waals surface area (Å²) in [6.07, 6.45) is 0.862. The minimum atomic E-state index is -1.07. The molecule has 0 aliphatic heterocycles. The Morgan fingerprint density at radius 3 is 2.67 bits per heavy atom. The predicted octanol–water partition coefficient (Wildman–Crippen LogP) is 5.56. The van der Waals surface area contributed by atoms with Gasteiger partial charge in [0, 0.05) is 16.8 Å². The quantitative estimate of drug-likeness (QED) is 0.568. The summed E-state index contributed by atoms with van der Waals surface area (Å²) < 4.78 is 18.0. The minimum absolute atomic E-state index is 0.366. The fourth-order valence-corrected chi connectivity index (χ4v) is 4.45. The van der Waals surface area contributed by atoms with Crippen molar-refractivity contribution in [3.63, 3.8) is 0 Å². The van der Waals surface area contributed by atoms with Gasteiger partial charge in [-0.05, 0) is 37.1 Å². The molecule has 0 fully saturated rings. The molecule has 2 nitrogen and oxygen atoms in total. The lowest BCUT2D eigenvalue weighted by Gasteiger charge is -2.14. The van der Waals surface area contributed by atoms with E-state index in [1.807, 2.05) is 36.9 Å². The Hall–Kier alpha value is -0.970. The van der Waals surface area contributed by atoms with Gasteiger partial charge in [-0.1, -0.05) is 48.9 Å². The molecule has 2 atom stereocenters. The molecule has 0 saturated heterocycles. The van der Waals surface area contributed by atoms with Gasteiger partial charge in [-0.3, -0.25) is 4.21 Å². The molecular weight excluding hydrogens is 360 g/mol. The van der Waals surface area contributed by atoms with E-state index < -0.39 is 10.8 Å². The molecule has 2 aromatic rings. The molecule has 0 aliphatic rings. The Labute approximate surface area is 156 Å². The van der Waals surface area contributed by atoms with E-state index in [2.05, 4.69) is 31.2 Å². The summed E-state index contributed by atoms with van der Waals surface area (Å²) >= 11 is 8.01. The maximum atomic E-state index is 12.2. The van der Waals surface area contributed by atoms with E-state index in [9.17, 15) is 4.21 Å². The van der Waals surface area contributed by atoms with Crippen molar-refractivity contribution in [2.45, 2.75) is 36.2 Å². The molecule has 0 saturated carbocycles. The van der Waals surface area contributed by atoms with Crippen LogP contribution in [0, 0.1) is 0 Å². The first-order chi connectivity index (χ1) is 11.6.